The maximum atomic E-state index is 11.7. The summed E-state index contributed by atoms with van der Waals surface area (Å²) < 4.78 is 9.49. The Bertz CT molecular complexity index is 948. The number of benzene rings is 2. The van der Waals surface area contributed by atoms with Crippen LogP contribution in [-0.2, 0) is 24.5 Å². The minimum atomic E-state index is -0.418. The molecule has 0 aromatic heterocycles. The second-order valence-electron chi connectivity index (χ2n) is 8.25. The number of rotatable bonds is 7. The van der Waals surface area contributed by atoms with Crippen LogP contribution in [-0.4, -0.2) is 52.3 Å². The number of carbonyl (C=O) groups is 2. The Morgan fingerprint density at radius 2 is 1.58 bits per heavy atom. The molecule has 0 amide bonds. The predicted octanol–water partition coefficient (Wildman–Crippen LogP) is 3.65. The zero-order chi connectivity index (χ0) is 22.6. The summed E-state index contributed by atoms with van der Waals surface area (Å²) in [6, 6.07) is 16.5. The number of hydrogen-bond donors (Lipinski definition) is 0. The second-order valence-corrected chi connectivity index (χ2v) is 8.25. The molecule has 0 spiro atoms. The van der Waals surface area contributed by atoms with Gasteiger partial charge in [-0.15, -0.1) is 0 Å². The van der Waals surface area contributed by atoms with E-state index in [-0.39, 0.29) is 24.5 Å². The fourth-order valence-corrected chi connectivity index (χ4v) is 4.17. The third kappa shape index (κ3) is 4.74. The maximum Gasteiger partial charge on any atom is 0.325 e. The first kappa shape index (κ1) is 22.4. The summed E-state index contributed by atoms with van der Waals surface area (Å²) in [6.07, 6.45) is 4.35. The van der Waals surface area contributed by atoms with Crippen LogP contribution in [0.4, 0.5) is 11.4 Å². The number of nitrogens with zero attached hydrogens (tertiary/aromatic N) is 2. The van der Waals surface area contributed by atoms with E-state index in [0.717, 1.165) is 11.3 Å². The molecule has 0 saturated heterocycles. The van der Waals surface area contributed by atoms with E-state index in [1.807, 2.05) is 24.3 Å². The summed E-state index contributed by atoms with van der Waals surface area (Å²) >= 11 is 0. The largest absolute Gasteiger partial charge is 0.468 e. The molecule has 1 heterocycles. The predicted molar refractivity (Wildman–Crippen MR) is 123 cm³/mol. The molecule has 164 valence electrons. The summed E-state index contributed by atoms with van der Waals surface area (Å²) in [5, 5.41) is 0. The molecule has 0 saturated carbocycles. The molecule has 0 fully saturated rings. The van der Waals surface area contributed by atoms with Gasteiger partial charge in [0.1, 0.15) is 13.1 Å². The third-order valence-corrected chi connectivity index (χ3v) is 5.96. The number of methoxy groups -OCH3 is 2. The number of fused-ring (bicyclic) bond motifs is 1. The molecule has 2 aromatic carbocycles. The van der Waals surface area contributed by atoms with Gasteiger partial charge in [0, 0.05) is 23.8 Å². The Labute approximate surface area is 184 Å². The van der Waals surface area contributed by atoms with Crippen molar-refractivity contribution in [3.63, 3.8) is 0 Å². The topological polar surface area (TPSA) is 59.1 Å². The van der Waals surface area contributed by atoms with E-state index in [1.165, 1.54) is 25.5 Å². The Morgan fingerprint density at radius 3 is 2.13 bits per heavy atom. The second kappa shape index (κ2) is 9.25. The normalized spacial score (nSPS) is 16.8. The van der Waals surface area contributed by atoms with Crippen LogP contribution < -0.4 is 9.80 Å². The zero-order valence-corrected chi connectivity index (χ0v) is 18.8. The molecule has 6 nitrogen and oxygen atoms in total. The molecule has 6 heteroatoms. The van der Waals surface area contributed by atoms with Gasteiger partial charge in [-0.05, 0) is 29.3 Å². The van der Waals surface area contributed by atoms with E-state index >= 15 is 0 Å². The van der Waals surface area contributed by atoms with Gasteiger partial charge in [0.25, 0.3) is 0 Å². The third-order valence-electron chi connectivity index (χ3n) is 5.96. The number of likely N-dealkylation sites (N-methyl/N-ethyl adjacent to an activating group) is 1. The molecule has 1 aliphatic heterocycles. The van der Waals surface area contributed by atoms with Gasteiger partial charge >= 0.3 is 11.9 Å². The van der Waals surface area contributed by atoms with Crippen molar-refractivity contribution in [1.82, 2.24) is 0 Å². The van der Waals surface area contributed by atoms with Crippen LogP contribution >= 0.6 is 0 Å². The van der Waals surface area contributed by atoms with E-state index in [0.29, 0.717) is 0 Å². The maximum absolute atomic E-state index is 11.7. The first-order chi connectivity index (χ1) is 14.8. The summed E-state index contributed by atoms with van der Waals surface area (Å²) in [5.74, 6) is -0.835. The first-order valence-electron chi connectivity index (χ1n) is 10.3. The quantitative estimate of drug-likeness (QED) is 0.635. The minimum Gasteiger partial charge on any atom is -0.468 e. The lowest BCUT2D eigenvalue weighted by molar-refractivity contribution is -0.140. The molecule has 0 radical (unpaired) electrons. The van der Waals surface area contributed by atoms with E-state index in [9.17, 15) is 9.59 Å². The SMILES string of the molecule is COC(=O)CN(CC(=O)OC)c1ccc(/C=C/C2N(C)c3ccccc3C2(C)C)cc1. The molecular formula is C25H30N2O4. The zero-order valence-electron chi connectivity index (χ0n) is 18.8. The van der Waals surface area contributed by atoms with E-state index in [4.69, 9.17) is 9.47 Å². The van der Waals surface area contributed by atoms with Gasteiger partial charge in [-0.1, -0.05) is 56.3 Å². The summed E-state index contributed by atoms with van der Waals surface area (Å²) in [7, 11) is 4.78. The average Bonchev–Trinajstić information content (AvgIpc) is 2.97. The van der Waals surface area contributed by atoms with Gasteiger partial charge in [-0.25, -0.2) is 0 Å². The van der Waals surface area contributed by atoms with Crippen LogP contribution in [0.25, 0.3) is 6.08 Å². The van der Waals surface area contributed by atoms with Crippen LogP contribution in [0.15, 0.2) is 54.6 Å². The van der Waals surface area contributed by atoms with Crippen LogP contribution in [0.3, 0.4) is 0 Å². The Morgan fingerprint density at radius 1 is 1.00 bits per heavy atom. The standard InChI is InChI=1S/C25H30N2O4/c1-25(2)20-8-6-7-9-21(20)26(3)22(25)15-12-18-10-13-19(14-11-18)27(16-23(28)30-4)17-24(29)31-5/h6-15,22H,16-17H2,1-5H3/b15-12+. The highest BCUT2D eigenvalue weighted by Gasteiger charge is 2.41. The number of carbonyl (C=O) groups excluding carboxylic acids is 2. The van der Waals surface area contributed by atoms with Gasteiger partial charge in [-0.2, -0.15) is 0 Å². The van der Waals surface area contributed by atoms with Crippen LogP contribution in [0.1, 0.15) is 25.0 Å². The fourth-order valence-electron chi connectivity index (χ4n) is 4.17. The number of esters is 2. The smallest absolute Gasteiger partial charge is 0.325 e. The number of hydrogen-bond acceptors (Lipinski definition) is 6. The molecular weight excluding hydrogens is 392 g/mol. The Kier molecular flexibility index (Phi) is 6.68. The van der Waals surface area contributed by atoms with Crippen molar-refractivity contribution in [1.29, 1.82) is 0 Å². The van der Waals surface area contributed by atoms with E-state index < -0.39 is 11.9 Å². The molecule has 2 aromatic rings. The van der Waals surface area contributed by atoms with Crippen molar-refractivity contribution in [2.45, 2.75) is 25.3 Å². The van der Waals surface area contributed by atoms with Crippen molar-refractivity contribution in [3.05, 3.63) is 65.7 Å². The van der Waals surface area contributed by atoms with Gasteiger partial charge in [0.05, 0.1) is 20.3 Å². The molecule has 0 bridgehead atoms. The molecule has 31 heavy (non-hydrogen) atoms. The first-order valence-corrected chi connectivity index (χ1v) is 10.3. The number of para-hydroxylation sites is 1. The monoisotopic (exact) mass is 422 g/mol. The average molecular weight is 423 g/mol. The van der Waals surface area contributed by atoms with E-state index in [2.05, 4.69) is 62.2 Å². The van der Waals surface area contributed by atoms with Gasteiger partial charge < -0.3 is 19.3 Å². The molecule has 1 aliphatic rings. The highest BCUT2D eigenvalue weighted by atomic mass is 16.5. The van der Waals surface area contributed by atoms with Gasteiger partial charge in [0.15, 0.2) is 0 Å². The van der Waals surface area contributed by atoms with E-state index in [1.54, 1.807) is 4.90 Å². The van der Waals surface area contributed by atoms with Crippen molar-refractivity contribution < 1.29 is 19.1 Å². The lowest BCUT2D eigenvalue weighted by Gasteiger charge is -2.29. The number of anilines is 2. The molecule has 0 N–H and O–H groups in total. The number of ether oxygens (including phenoxy) is 2. The molecule has 1 atom stereocenters. The summed E-state index contributed by atoms with van der Waals surface area (Å²) in [5.41, 5.74) is 4.40. The fraction of sp³-hybridized carbons (Fsp3) is 0.360. The lowest BCUT2D eigenvalue weighted by Crippen LogP contribution is -2.37. The van der Waals surface area contributed by atoms with Crippen molar-refractivity contribution in [2.24, 2.45) is 0 Å². The van der Waals surface area contributed by atoms with Crippen molar-refractivity contribution >= 4 is 29.4 Å². The Hall–Kier alpha value is -3.28. The molecule has 3 rings (SSSR count). The van der Waals surface area contributed by atoms with Gasteiger partial charge in [0.2, 0.25) is 0 Å². The highest BCUT2D eigenvalue weighted by molar-refractivity contribution is 5.81. The highest BCUT2D eigenvalue weighted by Crippen LogP contribution is 2.44. The summed E-state index contributed by atoms with van der Waals surface area (Å²) in [4.78, 5) is 27.4. The van der Waals surface area contributed by atoms with Crippen LogP contribution in [0.2, 0.25) is 0 Å². The van der Waals surface area contributed by atoms with Crippen molar-refractivity contribution in [2.75, 3.05) is 44.2 Å². The molecule has 0 aliphatic carbocycles. The van der Waals surface area contributed by atoms with Gasteiger partial charge in [-0.3, -0.25) is 9.59 Å². The molecule has 1 unspecified atom stereocenters. The van der Waals surface area contributed by atoms with Crippen LogP contribution in [0, 0.1) is 0 Å². The van der Waals surface area contributed by atoms with Crippen molar-refractivity contribution in [3.8, 4) is 0 Å². The van der Waals surface area contributed by atoms with Crippen LogP contribution in [0.5, 0.6) is 0 Å². The Balaban J connectivity index is 1.77. The lowest BCUT2D eigenvalue weighted by atomic mass is 9.80. The summed E-state index contributed by atoms with van der Waals surface area (Å²) in [6.45, 7) is 4.48. The minimum absolute atomic E-state index is 0.000385.